The molecule has 0 bridgehead atoms. The summed E-state index contributed by atoms with van der Waals surface area (Å²) < 4.78 is 32.3. The minimum atomic E-state index is -3.43. The maximum Gasteiger partial charge on any atom is 0.236 e. The van der Waals surface area contributed by atoms with Gasteiger partial charge in [-0.25, -0.2) is 8.42 Å². The Labute approximate surface area is 154 Å². The quantitative estimate of drug-likeness (QED) is 0.811. The molecule has 0 aromatic heterocycles. The summed E-state index contributed by atoms with van der Waals surface area (Å²) in [5.74, 6) is 0.703. The minimum absolute atomic E-state index is 0.0208. The molecule has 0 atom stereocenters. The number of rotatable bonds is 5. The third-order valence-corrected chi connectivity index (χ3v) is 5.84. The van der Waals surface area contributed by atoms with E-state index >= 15 is 0 Å². The van der Waals surface area contributed by atoms with Gasteiger partial charge in [0.2, 0.25) is 10.0 Å². The van der Waals surface area contributed by atoms with Crippen LogP contribution in [0, 0.1) is 11.3 Å². The second-order valence-electron chi connectivity index (χ2n) is 6.11. The molecule has 1 saturated heterocycles. The van der Waals surface area contributed by atoms with E-state index in [2.05, 4.69) is 6.07 Å². The van der Waals surface area contributed by atoms with Gasteiger partial charge >= 0.3 is 0 Å². The van der Waals surface area contributed by atoms with Gasteiger partial charge in [-0.05, 0) is 48.7 Å². The molecule has 2 aromatic rings. The van der Waals surface area contributed by atoms with Crippen LogP contribution in [-0.2, 0) is 10.0 Å². The van der Waals surface area contributed by atoms with Crippen LogP contribution in [0.1, 0.15) is 24.0 Å². The molecule has 0 N–H and O–H groups in total. The Morgan fingerprint density at radius 2 is 1.69 bits per heavy atom. The summed E-state index contributed by atoms with van der Waals surface area (Å²) in [6.45, 7) is 0.866. The van der Waals surface area contributed by atoms with Gasteiger partial charge in [0.1, 0.15) is 11.9 Å². The number of hydrogen-bond donors (Lipinski definition) is 0. The Morgan fingerprint density at radius 3 is 2.31 bits per heavy atom. The lowest BCUT2D eigenvalue weighted by Gasteiger charge is -2.30. The van der Waals surface area contributed by atoms with Gasteiger partial charge < -0.3 is 4.74 Å². The van der Waals surface area contributed by atoms with Gasteiger partial charge in [0.05, 0.1) is 11.6 Å². The third kappa shape index (κ3) is 4.72. The summed E-state index contributed by atoms with van der Waals surface area (Å²) in [6.07, 6.45) is 2.87. The molecular weight excluding hydrogens is 348 g/mol. The van der Waals surface area contributed by atoms with Crippen LogP contribution in [0.5, 0.6) is 5.75 Å². The Kier molecular flexibility index (Phi) is 5.71. The first kappa shape index (κ1) is 18.2. The number of hydrogen-bond acceptors (Lipinski definition) is 4. The lowest BCUT2D eigenvalue weighted by Crippen LogP contribution is -2.40. The van der Waals surface area contributed by atoms with Gasteiger partial charge in [0.25, 0.3) is 0 Å². The molecule has 0 saturated carbocycles. The largest absolute Gasteiger partial charge is 0.490 e. The van der Waals surface area contributed by atoms with Crippen LogP contribution in [0.15, 0.2) is 60.0 Å². The topological polar surface area (TPSA) is 70.4 Å². The third-order valence-electron chi connectivity index (χ3n) is 4.28. The number of ether oxygens (including phenoxy) is 1. The van der Waals surface area contributed by atoms with Crippen LogP contribution in [0.4, 0.5) is 0 Å². The van der Waals surface area contributed by atoms with Crippen LogP contribution in [0.3, 0.4) is 0 Å². The Balaban J connectivity index is 1.55. The zero-order valence-corrected chi connectivity index (χ0v) is 15.1. The molecule has 0 unspecified atom stereocenters. The minimum Gasteiger partial charge on any atom is -0.490 e. The molecule has 1 aliphatic heterocycles. The van der Waals surface area contributed by atoms with Crippen LogP contribution in [0.25, 0.3) is 6.08 Å². The van der Waals surface area contributed by atoms with E-state index in [1.165, 1.54) is 9.71 Å². The normalized spacial score (nSPS) is 16.4. The van der Waals surface area contributed by atoms with E-state index in [1.807, 2.05) is 30.3 Å². The fourth-order valence-corrected chi connectivity index (χ4v) is 4.04. The number of benzene rings is 2. The summed E-state index contributed by atoms with van der Waals surface area (Å²) in [4.78, 5) is 0. The predicted molar refractivity (Wildman–Crippen MR) is 101 cm³/mol. The lowest BCUT2D eigenvalue weighted by atomic mass is 10.1. The van der Waals surface area contributed by atoms with Crippen molar-refractivity contribution in [1.82, 2.24) is 4.31 Å². The zero-order chi connectivity index (χ0) is 18.4. The van der Waals surface area contributed by atoms with Gasteiger partial charge in [-0.3, -0.25) is 0 Å². The maximum atomic E-state index is 12.5. The standard InChI is InChI=1S/C20H20N2O3S/c21-16-18-6-8-19(9-7-18)25-20-10-13-22(14-11-20)26(23,24)15-12-17-4-2-1-3-5-17/h1-9,12,15,20H,10-11,13-14H2. The molecule has 0 spiro atoms. The van der Waals surface area contributed by atoms with E-state index < -0.39 is 10.0 Å². The number of nitrogens with zero attached hydrogens (tertiary/aromatic N) is 2. The van der Waals surface area contributed by atoms with Crippen molar-refractivity contribution in [2.24, 2.45) is 0 Å². The van der Waals surface area contributed by atoms with E-state index in [0.29, 0.717) is 37.2 Å². The molecule has 0 radical (unpaired) electrons. The monoisotopic (exact) mass is 368 g/mol. The van der Waals surface area contributed by atoms with E-state index in [4.69, 9.17) is 10.00 Å². The van der Waals surface area contributed by atoms with Crippen LogP contribution in [-0.4, -0.2) is 31.9 Å². The first-order chi connectivity index (χ1) is 12.6. The summed E-state index contributed by atoms with van der Waals surface area (Å²) in [6, 6.07) is 18.4. The molecule has 6 heteroatoms. The highest BCUT2D eigenvalue weighted by Crippen LogP contribution is 2.21. The van der Waals surface area contributed by atoms with Crippen molar-refractivity contribution in [3.05, 3.63) is 71.1 Å². The average molecular weight is 368 g/mol. The first-order valence-electron chi connectivity index (χ1n) is 8.47. The van der Waals surface area contributed by atoms with Gasteiger partial charge in [-0.2, -0.15) is 9.57 Å². The lowest BCUT2D eigenvalue weighted by molar-refractivity contribution is 0.135. The summed E-state index contributed by atoms with van der Waals surface area (Å²) in [7, 11) is -3.43. The second kappa shape index (κ2) is 8.17. The van der Waals surface area contributed by atoms with Crippen LogP contribution in [0.2, 0.25) is 0 Å². The van der Waals surface area contributed by atoms with Crippen molar-refractivity contribution in [2.75, 3.05) is 13.1 Å². The predicted octanol–water partition coefficient (Wildman–Crippen LogP) is 3.40. The molecule has 0 aliphatic carbocycles. The number of nitriles is 1. The molecule has 5 nitrogen and oxygen atoms in total. The van der Waals surface area contributed by atoms with Crippen molar-refractivity contribution >= 4 is 16.1 Å². The molecule has 1 heterocycles. The number of sulfonamides is 1. The van der Waals surface area contributed by atoms with Crippen molar-refractivity contribution in [1.29, 1.82) is 5.26 Å². The van der Waals surface area contributed by atoms with E-state index in [1.54, 1.807) is 30.3 Å². The second-order valence-corrected chi connectivity index (χ2v) is 7.93. The van der Waals surface area contributed by atoms with Crippen molar-refractivity contribution in [3.8, 4) is 11.8 Å². The van der Waals surface area contributed by atoms with Gasteiger partial charge in [0, 0.05) is 18.5 Å². The smallest absolute Gasteiger partial charge is 0.236 e. The summed E-state index contributed by atoms with van der Waals surface area (Å²) >= 11 is 0. The summed E-state index contributed by atoms with van der Waals surface area (Å²) in [5.41, 5.74) is 1.44. The molecular formula is C20H20N2O3S. The number of piperidine rings is 1. The fraction of sp³-hybridized carbons (Fsp3) is 0.250. The SMILES string of the molecule is N#Cc1ccc(OC2CCN(S(=O)(=O)C=Cc3ccccc3)CC2)cc1. The highest BCUT2D eigenvalue weighted by atomic mass is 32.2. The Bertz CT molecular complexity index is 892. The Hall–Kier alpha value is -2.62. The first-order valence-corrected chi connectivity index (χ1v) is 9.97. The molecule has 1 fully saturated rings. The highest BCUT2D eigenvalue weighted by molar-refractivity contribution is 7.92. The van der Waals surface area contributed by atoms with Crippen LogP contribution >= 0.6 is 0 Å². The van der Waals surface area contributed by atoms with Gasteiger partial charge in [-0.15, -0.1) is 0 Å². The molecule has 0 amide bonds. The van der Waals surface area contributed by atoms with Gasteiger partial charge in [0.15, 0.2) is 0 Å². The molecule has 1 aliphatic rings. The van der Waals surface area contributed by atoms with E-state index in [9.17, 15) is 8.42 Å². The maximum absolute atomic E-state index is 12.5. The van der Waals surface area contributed by atoms with Crippen LogP contribution < -0.4 is 4.74 Å². The molecule has 2 aromatic carbocycles. The fourth-order valence-electron chi connectivity index (χ4n) is 2.82. The van der Waals surface area contributed by atoms with E-state index in [0.717, 1.165) is 5.56 Å². The van der Waals surface area contributed by atoms with Gasteiger partial charge in [-0.1, -0.05) is 30.3 Å². The molecule has 26 heavy (non-hydrogen) atoms. The van der Waals surface area contributed by atoms with Crippen molar-refractivity contribution in [3.63, 3.8) is 0 Å². The summed E-state index contributed by atoms with van der Waals surface area (Å²) in [5, 5.41) is 10.1. The van der Waals surface area contributed by atoms with E-state index in [-0.39, 0.29) is 6.10 Å². The van der Waals surface area contributed by atoms with Crippen molar-refractivity contribution in [2.45, 2.75) is 18.9 Å². The van der Waals surface area contributed by atoms with Crippen molar-refractivity contribution < 1.29 is 13.2 Å². The average Bonchev–Trinajstić information content (AvgIpc) is 2.68. The zero-order valence-electron chi connectivity index (χ0n) is 14.3. The molecule has 134 valence electrons. The Morgan fingerprint density at radius 1 is 1.04 bits per heavy atom. The molecule has 3 rings (SSSR count). The highest BCUT2D eigenvalue weighted by Gasteiger charge is 2.27.